The van der Waals surface area contributed by atoms with Crippen molar-refractivity contribution in [2.24, 2.45) is 0 Å². The van der Waals surface area contributed by atoms with Gasteiger partial charge in [0, 0.05) is 27.9 Å². The summed E-state index contributed by atoms with van der Waals surface area (Å²) in [6, 6.07) is 16.8. The van der Waals surface area contributed by atoms with E-state index in [-0.39, 0.29) is 0 Å². The SMILES string of the molecule is Clc1ccc(Sc2ccccc2N2CCCCC2)cc1. The van der Waals surface area contributed by atoms with Gasteiger partial charge >= 0.3 is 0 Å². The molecule has 2 aromatic carbocycles. The van der Waals surface area contributed by atoms with E-state index < -0.39 is 0 Å². The smallest absolute Gasteiger partial charge is 0.0508 e. The van der Waals surface area contributed by atoms with Crippen molar-refractivity contribution in [3.05, 3.63) is 53.6 Å². The lowest BCUT2D eigenvalue weighted by Gasteiger charge is -2.30. The van der Waals surface area contributed by atoms with E-state index in [2.05, 4.69) is 41.3 Å². The van der Waals surface area contributed by atoms with E-state index in [1.165, 1.54) is 47.8 Å². The zero-order valence-corrected chi connectivity index (χ0v) is 13.0. The maximum atomic E-state index is 5.95. The fourth-order valence-electron chi connectivity index (χ4n) is 2.57. The summed E-state index contributed by atoms with van der Waals surface area (Å²) >= 11 is 7.77. The predicted molar refractivity (Wildman–Crippen MR) is 88.1 cm³/mol. The average Bonchev–Trinajstić information content (AvgIpc) is 2.51. The third-order valence-electron chi connectivity index (χ3n) is 3.60. The average molecular weight is 304 g/mol. The summed E-state index contributed by atoms with van der Waals surface area (Å²) in [5, 5.41) is 0.790. The monoisotopic (exact) mass is 303 g/mol. The molecule has 0 saturated carbocycles. The maximum Gasteiger partial charge on any atom is 0.0508 e. The van der Waals surface area contributed by atoms with Gasteiger partial charge in [-0.2, -0.15) is 0 Å². The first-order chi connectivity index (χ1) is 9.83. The molecule has 0 atom stereocenters. The molecular formula is C17H18ClNS. The Hall–Kier alpha value is -1.12. The number of halogens is 1. The first-order valence-electron chi connectivity index (χ1n) is 7.10. The first-order valence-corrected chi connectivity index (χ1v) is 8.30. The van der Waals surface area contributed by atoms with Crippen LogP contribution in [0, 0.1) is 0 Å². The minimum atomic E-state index is 0.790. The molecule has 2 aromatic rings. The molecule has 104 valence electrons. The quantitative estimate of drug-likeness (QED) is 0.738. The molecule has 1 heterocycles. The topological polar surface area (TPSA) is 3.24 Å². The number of hydrogen-bond acceptors (Lipinski definition) is 2. The summed E-state index contributed by atoms with van der Waals surface area (Å²) in [4.78, 5) is 5.08. The summed E-state index contributed by atoms with van der Waals surface area (Å²) in [6.07, 6.45) is 3.98. The molecule has 0 spiro atoms. The van der Waals surface area contributed by atoms with E-state index in [4.69, 9.17) is 11.6 Å². The third kappa shape index (κ3) is 3.31. The highest BCUT2D eigenvalue weighted by Gasteiger charge is 2.14. The molecule has 1 aliphatic heterocycles. The van der Waals surface area contributed by atoms with Crippen molar-refractivity contribution < 1.29 is 0 Å². The zero-order chi connectivity index (χ0) is 13.8. The fraction of sp³-hybridized carbons (Fsp3) is 0.294. The van der Waals surface area contributed by atoms with Crippen LogP contribution in [0.5, 0.6) is 0 Å². The van der Waals surface area contributed by atoms with Gasteiger partial charge in [0.15, 0.2) is 0 Å². The Bertz CT molecular complexity index is 561. The van der Waals surface area contributed by atoms with Gasteiger partial charge in [0.2, 0.25) is 0 Å². The molecule has 3 rings (SSSR count). The number of rotatable bonds is 3. The van der Waals surface area contributed by atoms with Crippen LogP contribution in [0.1, 0.15) is 19.3 Å². The number of nitrogens with zero attached hydrogens (tertiary/aromatic N) is 1. The Balaban J connectivity index is 1.83. The maximum absolute atomic E-state index is 5.95. The van der Waals surface area contributed by atoms with Gasteiger partial charge in [-0.25, -0.2) is 0 Å². The molecule has 0 amide bonds. The van der Waals surface area contributed by atoms with Gasteiger partial charge in [0.25, 0.3) is 0 Å². The Labute approximate surface area is 129 Å². The van der Waals surface area contributed by atoms with Gasteiger partial charge in [-0.3, -0.25) is 0 Å². The molecule has 0 aromatic heterocycles. The fourth-order valence-corrected chi connectivity index (χ4v) is 3.67. The van der Waals surface area contributed by atoms with Crippen LogP contribution in [0.2, 0.25) is 5.02 Å². The Morgan fingerprint density at radius 3 is 2.30 bits per heavy atom. The molecule has 20 heavy (non-hydrogen) atoms. The van der Waals surface area contributed by atoms with Gasteiger partial charge < -0.3 is 4.90 Å². The van der Waals surface area contributed by atoms with E-state index in [0.29, 0.717) is 0 Å². The van der Waals surface area contributed by atoms with Gasteiger partial charge in [0.05, 0.1) is 5.69 Å². The van der Waals surface area contributed by atoms with Gasteiger partial charge in [-0.05, 0) is 55.7 Å². The minimum absolute atomic E-state index is 0.790. The van der Waals surface area contributed by atoms with E-state index in [1.54, 1.807) is 0 Å². The molecule has 1 nitrogen and oxygen atoms in total. The number of anilines is 1. The molecule has 1 aliphatic rings. The molecule has 1 fully saturated rings. The molecule has 0 radical (unpaired) electrons. The van der Waals surface area contributed by atoms with Crippen LogP contribution < -0.4 is 4.90 Å². The molecule has 1 saturated heterocycles. The van der Waals surface area contributed by atoms with Crippen LogP contribution in [0.4, 0.5) is 5.69 Å². The van der Waals surface area contributed by atoms with Gasteiger partial charge in [-0.15, -0.1) is 0 Å². The second kappa shape index (κ2) is 6.55. The number of benzene rings is 2. The van der Waals surface area contributed by atoms with Crippen molar-refractivity contribution in [3.8, 4) is 0 Å². The van der Waals surface area contributed by atoms with Crippen molar-refractivity contribution >= 4 is 29.1 Å². The number of para-hydroxylation sites is 1. The summed E-state index contributed by atoms with van der Waals surface area (Å²) in [5.41, 5.74) is 1.37. The highest BCUT2D eigenvalue weighted by atomic mass is 35.5. The van der Waals surface area contributed by atoms with Crippen LogP contribution in [0.25, 0.3) is 0 Å². The second-order valence-corrected chi connectivity index (χ2v) is 6.62. The van der Waals surface area contributed by atoms with Crippen molar-refractivity contribution in [3.63, 3.8) is 0 Å². The van der Waals surface area contributed by atoms with Gasteiger partial charge in [-0.1, -0.05) is 35.5 Å². The largest absolute Gasteiger partial charge is 0.371 e. The van der Waals surface area contributed by atoms with Crippen molar-refractivity contribution in [1.29, 1.82) is 0 Å². The van der Waals surface area contributed by atoms with E-state index in [1.807, 2.05) is 23.9 Å². The lowest BCUT2D eigenvalue weighted by Crippen LogP contribution is -2.29. The lowest BCUT2D eigenvalue weighted by atomic mass is 10.1. The minimum Gasteiger partial charge on any atom is -0.371 e. The van der Waals surface area contributed by atoms with Crippen LogP contribution in [-0.2, 0) is 0 Å². The predicted octanol–water partition coefficient (Wildman–Crippen LogP) is 5.48. The Morgan fingerprint density at radius 2 is 1.55 bits per heavy atom. The van der Waals surface area contributed by atoms with E-state index >= 15 is 0 Å². The lowest BCUT2D eigenvalue weighted by molar-refractivity contribution is 0.575. The third-order valence-corrected chi connectivity index (χ3v) is 4.93. The summed E-state index contributed by atoms with van der Waals surface area (Å²) in [6.45, 7) is 2.36. The van der Waals surface area contributed by atoms with Crippen molar-refractivity contribution in [2.45, 2.75) is 29.1 Å². The molecule has 0 unspecified atom stereocenters. The van der Waals surface area contributed by atoms with Crippen LogP contribution in [0.15, 0.2) is 58.3 Å². The standard InChI is InChI=1S/C17H18ClNS/c18-14-8-10-15(11-9-14)20-17-7-3-2-6-16(17)19-12-4-1-5-13-19/h2-3,6-11H,1,4-5,12-13H2. The molecule has 3 heteroatoms. The normalized spacial score (nSPS) is 15.3. The molecule has 0 N–H and O–H groups in total. The zero-order valence-electron chi connectivity index (χ0n) is 11.4. The Morgan fingerprint density at radius 1 is 0.850 bits per heavy atom. The van der Waals surface area contributed by atoms with Crippen LogP contribution in [-0.4, -0.2) is 13.1 Å². The molecule has 0 aliphatic carbocycles. The van der Waals surface area contributed by atoms with E-state index in [0.717, 1.165) is 5.02 Å². The van der Waals surface area contributed by atoms with Crippen LogP contribution in [0.3, 0.4) is 0 Å². The number of piperidine rings is 1. The second-order valence-electron chi connectivity index (χ2n) is 5.07. The molecular weight excluding hydrogens is 286 g/mol. The van der Waals surface area contributed by atoms with E-state index in [9.17, 15) is 0 Å². The molecule has 0 bridgehead atoms. The Kier molecular flexibility index (Phi) is 4.54. The first kappa shape index (κ1) is 13.8. The van der Waals surface area contributed by atoms with Crippen molar-refractivity contribution in [1.82, 2.24) is 0 Å². The summed E-state index contributed by atoms with van der Waals surface area (Å²) in [5.74, 6) is 0. The summed E-state index contributed by atoms with van der Waals surface area (Å²) < 4.78 is 0. The van der Waals surface area contributed by atoms with Crippen molar-refractivity contribution in [2.75, 3.05) is 18.0 Å². The number of hydrogen-bond donors (Lipinski definition) is 0. The highest BCUT2D eigenvalue weighted by molar-refractivity contribution is 7.99. The highest BCUT2D eigenvalue weighted by Crippen LogP contribution is 2.36. The van der Waals surface area contributed by atoms with Crippen LogP contribution >= 0.6 is 23.4 Å². The van der Waals surface area contributed by atoms with Gasteiger partial charge in [0.1, 0.15) is 0 Å². The summed E-state index contributed by atoms with van der Waals surface area (Å²) in [7, 11) is 0.